The summed E-state index contributed by atoms with van der Waals surface area (Å²) in [5, 5.41) is 0. The Labute approximate surface area is 198 Å². The molecule has 5 rings (SSSR count). The standard InChI is InChI=1S/C30H36O3/c1-4-8-23-18-28-27-13-11-22-17-24(32-19-21-9-6-5-7-10-21)12-14-25(22)26(27)15-16-30(28,3)29(23)33-20(2)31/h4-7,9-10,12,14,17,23,26-29H,1,8,11,13,15-16,18-19H2,2-3H3. The third-order valence-electron chi connectivity index (χ3n) is 8.78. The first-order valence-corrected chi connectivity index (χ1v) is 12.6. The normalized spacial score (nSPS) is 32.2. The van der Waals surface area contributed by atoms with Crippen LogP contribution in [0.4, 0.5) is 0 Å². The summed E-state index contributed by atoms with van der Waals surface area (Å²) in [6.45, 7) is 8.53. The fourth-order valence-corrected chi connectivity index (χ4v) is 7.37. The average molecular weight is 445 g/mol. The number of carbonyl (C=O) groups excluding carboxylic acids is 1. The van der Waals surface area contributed by atoms with Crippen molar-refractivity contribution in [1.29, 1.82) is 0 Å². The molecule has 3 aliphatic rings. The predicted molar refractivity (Wildman–Crippen MR) is 131 cm³/mol. The number of benzene rings is 2. The van der Waals surface area contributed by atoms with E-state index in [1.165, 1.54) is 29.5 Å². The van der Waals surface area contributed by atoms with E-state index in [0.29, 0.717) is 30.3 Å². The molecule has 6 atom stereocenters. The molecule has 3 aliphatic carbocycles. The zero-order valence-electron chi connectivity index (χ0n) is 20.0. The highest BCUT2D eigenvalue weighted by molar-refractivity contribution is 5.66. The molecule has 2 fully saturated rings. The van der Waals surface area contributed by atoms with Gasteiger partial charge in [-0.05, 0) is 85.1 Å². The van der Waals surface area contributed by atoms with Gasteiger partial charge in [0.25, 0.3) is 0 Å². The van der Waals surface area contributed by atoms with Crippen molar-refractivity contribution in [1.82, 2.24) is 0 Å². The summed E-state index contributed by atoms with van der Waals surface area (Å²) in [6.07, 6.45) is 8.73. The first kappa shape index (κ1) is 22.3. The highest BCUT2D eigenvalue weighted by atomic mass is 16.5. The van der Waals surface area contributed by atoms with Gasteiger partial charge >= 0.3 is 5.97 Å². The lowest BCUT2D eigenvalue weighted by atomic mass is 9.55. The van der Waals surface area contributed by atoms with Gasteiger partial charge in [-0.3, -0.25) is 4.79 Å². The Morgan fingerprint density at radius 1 is 1.18 bits per heavy atom. The molecule has 2 saturated carbocycles. The van der Waals surface area contributed by atoms with E-state index < -0.39 is 0 Å². The summed E-state index contributed by atoms with van der Waals surface area (Å²) in [4.78, 5) is 11.9. The van der Waals surface area contributed by atoms with Gasteiger partial charge < -0.3 is 9.47 Å². The van der Waals surface area contributed by atoms with E-state index in [-0.39, 0.29) is 17.5 Å². The van der Waals surface area contributed by atoms with Crippen LogP contribution in [0.5, 0.6) is 5.75 Å². The Hall–Kier alpha value is -2.55. The number of rotatable bonds is 6. The summed E-state index contributed by atoms with van der Waals surface area (Å²) in [5.74, 6) is 3.10. The smallest absolute Gasteiger partial charge is 0.302 e. The molecule has 0 radical (unpaired) electrons. The van der Waals surface area contributed by atoms with Crippen LogP contribution in [0.3, 0.4) is 0 Å². The van der Waals surface area contributed by atoms with Crippen LogP contribution in [0.1, 0.15) is 68.6 Å². The van der Waals surface area contributed by atoms with Gasteiger partial charge in [-0.15, -0.1) is 6.58 Å². The van der Waals surface area contributed by atoms with Crippen LogP contribution >= 0.6 is 0 Å². The Morgan fingerprint density at radius 2 is 2.00 bits per heavy atom. The first-order chi connectivity index (χ1) is 16.0. The van der Waals surface area contributed by atoms with Gasteiger partial charge in [-0.2, -0.15) is 0 Å². The number of esters is 1. The SMILES string of the molecule is C=CCC1CC2C3CCc4cc(OCc5ccccc5)ccc4C3CCC2(C)C1OC(C)=O. The molecule has 0 heterocycles. The third kappa shape index (κ3) is 4.11. The van der Waals surface area contributed by atoms with Crippen molar-refractivity contribution < 1.29 is 14.3 Å². The molecule has 0 amide bonds. The van der Waals surface area contributed by atoms with Crippen LogP contribution < -0.4 is 4.74 Å². The molecule has 3 nitrogen and oxygen atoms in total. The maximum atomic E-state index is 11.9. The second kappa shape index (κ2) is 9.00. The van der Waals surface area contributed by atoms with Crippen molar-refractivity contribution in [2.24, 2.45) is 23.2 Å². The highest BCUT2D eigenvalue weighted by Crippen LogP contribution is 2.63. The molecule has 0 aromatic heterocycles. The Kier molecular flexibility index (Phi) is 6.07. The summed E-state index contributed by atoms with van der Waals surface area (Å²) < 4.78 is 12.1. The molecular formula is C30H36O3. The van der Waals surface area contributed by atoms with Crippen LogP contribution in [-0.4, -0.2) is 12.1 Å². The van der Waals surface area contributed by atoms with E-state index in [9.17, 15) is 4.79 Å². The maximum Gasteiger partial charge on any atom is 0.302 e. The molecule has 0 aliphatic heterocycles. The molecule has 3 heteroatoms. The molecule has 6 unspecified atom stereocenters. The second-order valence-corrected chi connectivity index (χ2v) is 10.6. The minimum atomic E-state index is -0.143. The third-order valence-corrected chi connectivity index (χ3v) is 8.78. The molecule has 0 spiro atoms. The van der Waals surface area contributed by atoms with Crippen molar-refractivity contribution in [3.8, 4) is 5.75 Å². The average Bonchev–Trinajstić information content (AvgIpc) is 3.09. The van der Waals surface area contributed by atoms with Gasteiger partial charge in [0, 0.05) is 18.3 Å². The molecule has 0 N–H and O–H groups in total. The lowest BCUT2D eigenvalue weighted by molar-refractivity contribution is -0.157. The van der Waals surface area contributed by atoms with E-state index in [1.807, 2.05) is 12.1 Å². The van der Waals surface area contributed by atoms with E-state index in [4.69, 9.17) is 9.47 Å². The molecular weight excluding hydrogens is 408 g/mol. The molecule has 2 aromatic rings. The summed E-state index contributed by atoms with van der Waals surface area (Å²) in [7, 11) is 0. The van der Waals surface area contributed by atoms with Crippen LogP contribution in [0.25, 0.3) is 0 Å². The lowest BCUT2D eigenvalue weighted by Crippen LogP contribution is -2.45. The summed E-state index contributed by atoms with van der Waals surface area (Å²) in [5.41, 5.74) is 4.26. The van der Waals surface area contributed by atoms with Crippen molar-refractivity contribution in [3.05, 3.63) is 77.9 Å². The van der Waals surface area contributed by atoms with E-state index in [0.717, 1.165) is 31.4 Å². The maximum absolute atomic E-state index is 11.9. The molecule has 0 bridgehead atoms. The van der Waals surface area contributed by atoms with Crippen LogP contribution in [0, 0.1) is 23.2 Å². The van der Waals surface area contributed by atoms with Gasteiger partial charge in [0.05, 0.1) is 0 Å². The lowest BCUT2D eigenvalue weighted by Gasteiger charge is -2.50. The number of hydrogen-bond donors (Lipinski definition) is 0. The van der Waals surface area contributed by atoms with E-state index in [2.05, 4.69) is 56.0 Å². The van der Waals surface area contributed by atoms with Crippen molar-refractivity contribution in [3.63, 3.8) is 0 Å². The molecule has 174 valence electrons. The number of aryl methyl sites for hydroxylation is 1. The fraction of sp³-hybridized carbons (Fsp3) is 0.500. The number of fused-ring (bicyclic) bond motifs is 5. The minimum absolute atomic E-state index is 0.0223. The monoisotopic (exact) mass is 444 g/mol. The number of allylic oxidation sites excluding steroid dienone is 1. The molecule has 2 aromatic carbocycles. The minimum Gasteiger partial charge on any atom is -0.489 e. The zero-order valence-corrected chi connectivity index (χ0v) is 20.0. The van der Waals surface area contributed by atoms with Crippen molar-refractivity contribution in [2.75, 3.05) is 0 Å². The summed E-state index contributed by atoms with van der Waals surface area (Å²) in [6, 6.07) is 17.1. The molecule has 0 saturated heterocycles. The van der Waals surface area contributed by atoms with Gasteiger partial charge in [0.15, 0.2) is 0 Å². The van der Waals surface area contributed by atoms with E-state index >= 15 is 0 Å². The number of ether oxygens (including phenoxy) is 2. The topological polar surface area (TPSA) is 35.5 Å². The van der Waals surface area contributed by atoms with Gasteiger partial charge in [0.2, 0.25) is 0 Å². The quantitative estimate of drug-likeness (QED) is 0.361. The second-order valence-electron chi connectivity index (χ2n) is 10.6. The van der Waals surface area contributed by atoms with Gasteiger partial charge in [0.1, 0.15) is 18.5 Å². The van der Waals surface area contributed by atoms with Crippen LogP contribution in [0.2, 0.25) is 0 Å². The van der Waals surface area contributed by atoms with Crippen molar-refractivity contribution >= 4 is 5.97 Å². The Bertz CT molecular complexity index is 1010. The number of hydrogen-bond acceptors (Lipinski definition) is 3. The van der Waals surface area contributed by atoms with Gasteiger partial charge in [-0.1, -0.05) is 49.4 Å². The zero-order chi connectivity index (χ0) is 23.0. The fourth-order valence-electron chi connectivity index (χ4n) is 7.37. The van der Waals surface area contributed by atoms with Crippen molar-refractivity contribution in [2.45, 2.75) is 71.0 Å². The Morgan fingerprint density at radius 3 is 2.76 bits per heavy atom. The largest absolute Gasteiger partial charge is 0.489 e. The number of carbonyl (C=O) groups is 1. The predicted octanol–water partition coefficient (Wildman–Crippen LogP) is 6.86. The van der Waals surface area contributed by atoms with E-state index in [1.54, 1.807) is 6.92 Å². The highest BCUT2D eigenvalue weighted by Gasteiger charge is 2.59. The first-order valence-electron chi connectivity index (χ1n) is 12.6. The molecule has 33 heavy (non-hydrogen) atoms. The van der Waals surface area contributed by atoms with Gasteiger partial charge in [-0.25, -0.2) is 0 Å². The summed E-state index contributed by atoms with van der Waals surface area (Å²) >= 11 is 0. The van der Waals surface area contributed by atoms with Crippen LogP contribution in [-0.2, 0) is 22.6 Å². The Balaban J connectivity index is 1.35. The van der Waals surface area contributed by atoms with Crippen LogP contribution in [0.15, 0.2) is 61.2 Å².